The maximum absolute atomic E-state index is 14.0. The Hall–Kier alpha value is -2.20. The van der Waals surface area contributed by atoms with Crippen molar-refractivity contribution in [2.24, 2.45) is 0 Å². The Morgan fingerprint density at radius 3 is 2.27 bits per heavy atom. The number of aliphatic hydroxyl groups is 1. The molecular formula is C24H31F4NO4. The van der Waals surface area contributed by atoms with E-state index in [0.29, 0.717) is 24.8 Å². The molecule has 0 aromatic heterocycles. The SMILES string of the molecule is OCc1cc(CCN(O)CCCC(F)(F)C(F)(F)COCCCc2ccccc2)ccc1O. The highest BCUT2D eigenvalue weighted by Gasteiger charge is 2.55. The van der Waals surface area contributed by atoms with Crippen LogP contribution in [0.25, 0.3) is 0 Å². The summed E-state index contributed by atoms with van der Waals surface area (Å²) in [5.74, 6) is -8.60. The fourth-order valence-corrected chi connectivity index (χ4v) is 3.29. The summed E-state index contributed by atoms with van der Waals surface area (Å²) in [6.45, 7) is -1.86. The van der Waals surface area contributed by atoms with Crippen LogP contribution in [0.2, 0.25) is 0 Å². The summed E-state index contributed by atoms with van der Waals surface area (Å²) in [6, 6.07) is 14.0. The third kappa shape index (κ3) is 8.92. The van der Waals surface area contributed by atoms with Crippen molar-refractivity contribution in [2.75, 3.05) is 26.3 Å². The van der Waals surface area contributed by atoms with Crippen molar-refractivity contribution in [1.29, 1.82) is 0 Å². The van der Waals surface area contributed by atoms with E-state index in [2.05, 4.69) is 0 Å². The number of hydrogen-bond donors (Lipinski definition) is 3. The second kappa shape index (κ2) is 12.9. The van der Waals surface area contributed by atoms with Crippen molar-refractivity contribution in [3.05, 3.63) is 65.2 Å². The van der Waals surface area contributed by atoms with Gasteiger partial charge >= 0.3 is 11.8 Å². The number of alkyl halides is 4. The molecule has 0 bridgehead atoms. The lowest BCUT2D eigenvalue weighted by molar-refractivity contribution is -0.236. The predicted molar refractivity (Wildman–Crippen MR) is 116 cm³/mol. The van der Waals surface area contributed by atoms with Gasteiger partial charge in [-0.05, 0) is 48.9 Å². The molecule has 0 aliphatic rings. The Bertz CT molecular complexity index is 836. The summed E-state index contributed by atoms with van der Waals surface area (Å²) in [5.41, 5.74) is 2.07. The van der Waals surface area contributed by atoms with Gasteiger partial charge in [0.1, 0.15) is 12.4 Å². The number of hydroxylamine groups is 2. The van der Waals surface area contributed by atoms with Crippen LogP contribution in [0.15, 0.2) is 48.5 Å². The summed E-state index contributed by atoms with van der Waals surface area (Å²) in [5, 5.41) is 29.3. The van der Waals surface area contributed by atoms with E-state index in [1.807, 2.05) is 30.3 Å². The fraction of sp³-hybridized carbons (Fsp3) is 0.500. The molecule has 0 unspecified atom stereocenters. The number of halogens is 4. The number of aromatic hydroxyl groups is 1. The van der Waals surface area contributed by atoms with Gasteiger partial charge in [-0.25, -0.2) is 0 Å². The molecule has 0 radical (unpaired) electrons. The summed E-state index contributed by atoms with van der Waals surface area (Å²) in [6.07, 6.45) is -0.0252. The Morgan fingerprint density at radius 1 is 0.848 bits per heavy atom. The van der Waals surface area contributed by atoms with Gasteiger partial charge in [-0.15, -0.1) is 0 Å². The highest BCUT2D eigenvalue weighted by atomic mass is 19.3. The number of benzene rings is 2. The lowest BCUT2D eigenvalue weighted by Gasteiger charge is -2.27. The molecule has 0 aliphatic heterocycles. The average molecular weight is 474 g/mol. The van der Waals surface area contributed by atoms with Crippen molar-refractivity contribution < 1.29 is 37.7 Å². The summed E-state index contributed by atoms with van der Waals surface area (Å²) in [4.78, 5) is 0. The Morgan fingerprint density at radius 2 is 1.58 bits per heavy atom. The van der Waals surface area contributed by atoms with Gasteiger partial charge in [-0.2, -0.15) is 22.6 Å². The number of rotatable bonds is 15. The molecule has 2 rings (SSSR count). The zero-order valence-corrected chi connectivity index (χ0v) is 18.4. The standard InChI is InChI=1S/C24H31F4NO4/c25-23(26,24(27,28)18-33-15-4-8-19-6-2-1-3-7-19)12-5-13-29(32)14-11-20-9-10-22(31)21(16-20)17-30/h1-3,6-7,9-10,16,30-32H,4-5,8,11-15,17-18H2. The first-order chi connectivity index (χ1) is 15.6. The normalized spacial score (nSPS) is 12.5. The minimum atomic E-state index is -4.30. The maximum atomic E-state index is 14.0. The molecule has 3 N–H and O–H groups in total. The lowest BCUT2D eigenvalue weighted by Crippen LogP contribution is -2.44. The zero-order chi connectivity index (χ0) is 24.3. The predicted octanol–water partition coefficient (Wildman–Crippen LogP) is 4.82. The van der Waals surface area contributed by atoms with Gasteiger partial charge in [0.15, 0.2) is 0 Å². The summed E-state index contributed by atoms with van der Waals surface area (Å²) in [7, 11) is 0. The van der Waals surface area contributed by atoms with E-state index < -0.39 is 24.9 Å². The van der Waals surface area contributed by atoms with Crippen LogP contribution >= 0.6 is 0 Å². The molecule has 0 heterocycles. The summed E-state index contributed by atoms with van der Waals surface area (Å²) >= 11 is 0. The molecule has 0 atom stereocenters. The molecule has 0 spiro atoms. The Balaban J connectivity index is 1.67. The Labute approximate surface area is 191 Å². The van der Waals surface area contributed by atoms with E-state index in [0.717, 1.165) is 16.2 Å². The Kier molecular flexibility index (Phi) is 10.6. The van der Waals surface area contributed by atoms with Gasteiger partial charge < -0.3 is 20.2 Å². The van der Waals surface area contributed by atoms with E-state index in [1.54, 1.807) is 12.1 Å². The monoisotopic (exact) mass is 473 g/mol. The average Bonchev–Trinajstić information content (AvgIpc) is 2.78. The first kappa shape index (κ1) is 27.0. The number of phenols is 1. The van der Waals surface area contributed by atoms with Crippen LogP contribution in [0.4, 0.5) is 17.6 Å². The van der Waals surface area contributed by atoms with Crippen LogP contribution in [0, 0.1) is 0 Å². The van der Waals surface area contributed by atoms with Crippen molar-refractivity contribution in [3.8, 4) is 5.75 Å². The first-order valence-electron chi connectivity index (χ1n) is 10.9. The van der Waals surface area contributed by atoms with Gasteiger partial charge in [-0.1, -0.05) is 36.4 Å². The number of ether oxygens (including phenoxy) is 1. The maximum Gasteiger partial charge on any atom is 0.332 e. The third-order valence-electron chi connectivity index (χ3n) is 5.30. The zero-order valence-electron chi connectivity index (χ0n) is 18.4. The highest BCUT2D eigenvalue weighted by Crippen LogP contribution is 2.38. The van der Waals surface area contributed by atoms with Gasteiger partial charge in [0.2, 0.25) is 0 Å². The van der Waals surface area contributed by atoms with Gasteiger partial charge in [0.25, 0.3) is 0 Å². The van der Waals surface area contributed by atoms with Crippen LogP contribution in [-0.2, 0) is 24.2 Å². The number of aliphatic hydroxyl groups excluding tert-OH is 1. The van der Waals surface area contributed by atoms with E-state index in [9.17, 15) is 27.9 Å². The van der Waals surface area contributed by atoms with Crippen LogP contribution in [0.3, 0.4) is 0 Å². The molecule has 9 heteroatoms. The van der Waals surface area contributed by atoms with Crippen molar-refractivity contribution in [3.63, 3.8) is 0 Å². The van der Waals surface area contributed by atoms with E-state index in [1.165, 1.54) is 6.07 Å². The molecule has 0 saturated heterocycles. The molecule has 0 aliphatic carbocycles. The second-order valence-electron chi connectivity index (χ2n) is 7.98. The van der Waals surface area contributed by atoms with E-state index in [-0.39, 0.29) is 38.5 Å². The van der Waals surface area contributed by atoms with Crippen molar-refractivity contribution in [2.45, 2.75) is 50.6 Å². The molecule has 184 valence electrons. The number of nitrogens with zero attached hydrogens (tertiary/aromatic N) is 1. The van der Waals surface area contributed by atoms with Crippen molar-refractivity contribution >= 4 is 0 Å². The molecule has 33 heavy (non-hydrogen) atoms. The molecule has 2 aromatic rings. The fourth-order valence-electron chi connectivity index (χ4n) is 3.29. The van der Waals surface area contributed by atoms with Gasteiger partial charge in [-0.3, -0.25) is 0 Å². The molecule has 0 saturated carbocycles. The molecule has 0 amide bonds. The van der Waals surface area contributed by atoms with Gasteiger partial charge in [0, 0.05) is 31.7 Å². The third-order valence-corrected chi connectivity index (χ3v) is 5.30. The minimum absolute atomic E-state index is 0.0414. The lowest BCUT2D eigenvalue weighted by atomic mass is 10.1. The van der Waals surface area contributed by atoms with Crippen LogP contribution in [0.5, 0.6) is 5.75 Å². The van der Waals surface area contributed by atoms with Crippen molar-refractivity contribution in [1.82, 2.24) is 5.06 Å². The van der Waals surface area contributed by atoms with Crippen LogP contribution in [0.1, 0.15) is 36.0 Å². The number of aryl methyl sites for hydroxylation is 1. The topological polar surface area (TPSA) is 73.2 Å². The quantitative estimate of drug-likeness (QED) is 0.197. The highest BCUT2D eigenvalue weighted by molar-refractivity contribution is 5.35. The molecule has 0 fully saturated rings. The minimum Gasteiger partial charge on any atom is -0.508 e. The molecular weight excluding hydrogens is 442 g/mol. The largest absolute Gasteiger partial charge is 0.508 e. The second-order valence-corrected chi connectivity index (χ2v) is 7.98. The van der Waals surface area contributed by atoms with Crippen LogP contribution < -0.4 is 0 Å². The first-order valence-corrected chi connectivity index (χ1v) is 10.9. The number of hydrogen-bond acceptors (Lipinski definition) is 5. The molecule has 2 aromatic carbocycles. The van der Waals surface area contributed by atoms with E-state index >= 15 is 0 Å². The molecule has 5 nitrogen and oxygen atoms in total. The van der Waals surface area contributed by atoms with Crippen LogP contribution in [-0.4, -0.2) is 58.6 Å². The van der Waals surface area contributed by atoms with Gasteiger partial charge in [0.05, 0.1) is 6.61 Å². The van der Waals surface area contributed by atoms with E-state index in [4.69, 9.17) is 9.84 Å². The smallest absolute Gasteiger partial charge is 0.332 e. The summed E-state index contributed by atoms with van der Waals surface area (Å²) < 4.78 is 60.8.